The van der Waals surface area contributed by atoms with Crippen molar-refractivity contribution in [3.05, 3.63) is 243 Å². The molecule has 12 rings (SSSR count). The Kier molecular flexibility index (Phi) is 9.59. The first-order valence-electron chi connectivity index (χ1n) is 21.7. The van der Waals surface area contributed by atoms with Crippen molar-refractivity contribution in [2.45, 2.75) is 0 Å². The van der Waals surface area contributed by atoms with Crippen molar-refractivity contribution >= 4 is 97.1 Å². The highest BCUT2D eigenvalue weighted by Gasteiger charge is 2.24. The van der Waals surface area contributed by atoms with Crippen LogP contribution < -0.4 is 9.80 Å². The third kappa shape index (κ3) is 6.72. The highest BCUT2D eigenvalue weighted by Crippen LogP contribution is 2.50. The van der Waals surface area contributed by atoms with E-state index in [0.717, 1.165) is 45.3 Å². The molecule has 0 saturated carbocycles. The second-order valence-electron chi connectivity index (χ2n) is 16.1. The molecular formula is C60H40N2S2. The van der Waals surface area contributed by atoms with Gasteiger partial charge in [-0.15, -0.1) is 22.7 Å². The zero-order chi connectivity index (χ0) is 42.4. The Balaban J connectivity index is 1.08. The maximum Gasteiger partial charge on any atom is 0.0555 e. The number of anilines is 6. The molecule has 0 N–H and O–H groups in total. The first kappa shape index (κ1) is 38.0. The lowest BCUT2D eigenvalue weighted by molar-refractivity contribution is 1.29. The second-order valence-corrected chi connectivity index (χ2v) is 18.2. The summed E-state index contributed by atoms with van der Waals surface area (Å²) in [6, 6.07) is 88.5. The number of benzene rings is 10. The molecule has 2 nitrogen and oxygen atoms in total. The molecule has 12 aromatic rings. The summed E-state index contributed by atoms with van der Waals surface area (Å²) in [7, 11) is 0. The minimum absolute atomic E-state index is 1.09. The van der Waals surface area contributed by atoms with Crippen LogP contribution in [0.1, 0.15) is 0 Å². The number of rotatable bonds is 9. The first-order chi connectivity index (χ1) is 31.7. The van der Waals surface area contributed by atoms with Crippen LogP contribution in [0, 0.1) is 0 Å². The van der Waals surface area contributed by atoms with Crippen molar-refractivity contribution in [3.8, 4) is 33.4 Å². The van der Waals surface area contributed by atoms with Crippen LogP contribution in [0.3, 0.4) is 0 Å². The maximum absolute atomic E-state index is 2.48. The number of fused-ring (bicyclic) bond motifs is 6. The van der Waals surface area contributed by atoms with Crippen LogP contribution in [-0.2, 0) is 0 Å². The number of nitrogens with zero attached hydrogens (tertiary/aromatic N) is 2. The van der Waals surface area contributed by atoms with E-state index in [9.17, 15) is 0 Å². The van der Waals surface area contributed by atoms with Crippen LogP contribution in [-0.4, -0.2) is 0 Å². The molecule has 0 aliphatic heterocycles. The molecule has 0 saturated heterocycles. The van der Waals surface area contributed by atoms with Gasteiger partial charge in [0, 0.05) is 63.0 Å². The van der Waals surface area contributed by atoms with Crippen molar-refractivity contribution in [3.63, 3.8) is 0 Å². The summed E-state index contributed by atoms with van der Waals surface area (Å²) in [6.45, 7) is 0. The molecule has 0 unspecified atom stereocenters. The summed E-state index contributed by atoms with van der Waals surface area (Å²) < 4.78 is 5.11. The van der Waals surface area contributed by atoms with Gasteiger partial charge in [-0.3, -0.25) is 0 Å². The van der Waals surface area contributed by atoms with Crippen LogP contribution in [0.5, 0.6) is 0 Å². The van der Waals surface area contributed by atoms with E-state index in [-0.39, 0.29) is 0 Å². The van der Waals surface area contributed by atoms with E-state index in [0.29, 0.717) is 0 Å². The average molecular weight is 853 g/mol. The molecule has 0 radical (unpaired) electrons. The number of hydrogen-bond donors (Lipinski definition) is 0. The van der Waals surface area contributed by atoms with Crippen molar-refractivity contribution in [2.75, 3.05) is 9.80 Å². The molecule has 10 aromatic carbocycles. The lowest BCUT2D eigenvalue weighted by atomic mass is 9.98. The highest BCUT2D eigenvalue weighted by atomic mass is 32.1. The van der Waals surface area contributed by atoms with Gasteiger partial charge < -0.3 is 9.80 Å². The van der Waals surface area contributed by atoms with E-state index in [2.05, 4.69) is 252 Å². The van der Waals surface area contributed by atoms with Gasteiger partial charge in [-0.2, -0.15) is 0 Å². The van der Waals surface area contributed by atoms with Crippen LogP contribution in [0.15, 0.2) is 243 Å². The van der Waals surface area contributed by atoms with Gasteiger partial charge in [0.15, 0.2) is 0 Å². The summed E-state index contributed by atoms with van der Waals surface area (Å²) in [4.78, 5) is 4.94. The topological polar surface area (TPSA) is 6.48 Å². The largest absolute Gasteiger partial charge is 0.310 e. The summed E-state index contributed by atoms with van der Waals surface area (Å²) in [5.41, 5.74) is 13.7. The quantitative estimate of drug-likeness (QED) is 0.143. The SMILES string of the molecule is c1ccc(-c2cccc(N(c3cccc(-c4ccccc4N(c4cccc(-c5ccccc5)c4)c4cccc5sc6ccccc6c45)c3)c3cccc4sc5ccccc5c34)c2)cc1. The van der Waals surface area contributed by atoms with Gasteiger partial charge in [0.25, 0.3) is 0 Å². The predicted octanol–water partition coefficient (Wildman–Crippen LogP) is 18.4. The van der Waals surface area contributed by atoms with Crippen molar-refractivity contribution in [1.82, 2.24) is 0 Å². The van der Waals surface area contributed by atoms with Gasteiger partial charge in [0.05, 0.1) is 17.1 Å². The molecule has 0 bridgehead atoms. The van der Waals surface area contributed by atoms with Crippen molar-refractivity contribution in [2.24, 2.45) is 0 Å². The molecule has 4 heteroatoms. The minimum atomic E-state index is 1.09. The maximum atomic E-state index is 2.48. The normalized spacial score (nSPS) is 11.4. The predicted molar refractivity (Wildman–Crippen MR) is 278 cm³/mol. The van der Waals surface area contributed by atoms with Gasteiger partial charge in [0.2, 0.25) is 0 Å². The average Bonchev–Trinajstić information content (AvgIpc) is 3.95. The Morgan fingerprint density at radius 2 is 0.625 bits per heavy atom. The Morgan fingerprint density at radius 3 is 1.19 bits per heavy atom. The Morgan fingerprint density at radius 1 is 0.250 bits per heavy atom. The van der Waals surface area contributed by atoms with E-state index >= 15 is 0 Å². The standard InChI is InChI=1S/C60H40N2S2/c1-3-18-41(19-4-1)43-22-13-25-46(38-43)61(53-32-16-36-57-59(53)50-29-8-11-34-55(50)63-57)47-26-15-24-45(40-47)49-28-7-10-31-52(49)62(48-27-14-23-44(39-48)42-20-5-2-6-21-42)54-33-17-37-58-60(54)51-30-9-12-35-56(51)64-58/h1-40H. The van der Waals surface area contributed by atoms with Gasteiger partial charge in [-0.05, 0) is 107 Å². The van der Waals surface area contributed by atoms with Crippen LogP contribution in [0.25, 0.3) is 73.7 Å². The first-order valence-corrected chi connectivity index (χ1v) is 23.3. The Labute approximate surface area is 380 Å². The summed E-state index contributed by atoms with van der Waals surface area (Å²) >= 11 is 3.71. The van der Waals surface area contributed by atoms with Crippen LogP contribution in [0.4, 0.5) is 34.1 Å². The third-order valence-electron chi connectivity index (χ3n) is 12.2. The van der Waals surface area contributed by atoms with Gasteiger partial charge in [-0.25, -0.2) is 0 Å². The minimum Gasteiger partial charge on any atom is -0.310 e. The van der Waals surface area contributed by atoms with Gasteiger partial charge in [-0.1, -0.05) is 164 Å². The highest BCUT2D eigenvalue weighted by molar-refractivity contribution is 7.26. The molecule has 0 atom stereocenters. The lowest BCUT2D eigenvalue weighted by Crippen LogP contribution is -2.12. The Hall–Kier alpha value is -7.76. The molecule has 0 amide bonds. The van der Waals surface area contributed by atoms with E-state index < -0.39 is 0 Å². The fourth-order valence-corrected chi connectivity index (χ4v) is 11.6. The monoisotopic (exact) mass is 852 g/mol. The molecule has 64 heavy (non-hydrogen) atoms. The second kappa shape index (κ2) is 16.2. The number of hydrogen-bond acceptors (Lipinski definition) is 4. The smallest absolute Gasteiger partial charge is 0.0555 e. The van der Waals surface area contributed by atoms with Gasteiger partial charge in [0.1, 0.15) is 0 Å². The van der Waals surface area contributed by atoms with Crippen LogP contribution >= 0.6 is 22.7 Å². The molecule has 0 spiro atoms. The molecule has 0 aliphatic carbocycles. The third-order valence-corrected chi connectivity index (χ3v) is 14.5. The van der Waals surface area contributed by atoms with E-state index in [4.69, 9.17) is 0 Å². The number of thiophene rings is 2. The summed E-state index contributed by atoms with van der Waals surface area (Å²) in [6.07, 6.45) is 0. The molecule has 2 aromatic heterocycles. The van der Waals surface area contributed by atoms with Crippen LogP contribution in [0.2, 0.25) is 0 Å². The molecule has 302 valence electrons. The fraction of sp³-hybridized carbons (Fsp3) is 0. The molecule has 2 heterocycles. The summed E-state index contributed by atoms with van der Waals surface area (Å²) in [5.74, 6) is 0. The van der Waals surface area contributed by atoms with Crippen molar-refractivity contribution in [1.29, 1.82) is 0 Å². The van der Waals surface area contributed by atoms with E-state index in [1.54, 1.807) is 0 Å². The Bertz CT molecular complexity index is 3640. The molecule has 0 fully saturated rings. The van der Waals surface area contributed by atoms with E-state index in [1.807, 2.05) is 22.7 Å². The van der Waals surface area contributed by atoms with Crippen molar-refractivity contribution < 1.29 is 0 Å². The number of para-hydroxylation sites is 1. The molecule has 0 aliphatic rings. The molecular weight excluding hydrogens is 813 g/mol. The van der Waals surface area contributed by atoms with E-state index in [1.165, 1.54) is 62.6 Å². The summed E-state index contributed by atoms with van der Waals surface area (Å²) in [5, 5.41) is 5.06. The zero-order valence-corrected chi connectivity index (χ0v) is 36.4. The zero-order valence-electron chi connectivity index (χ0n) is 34.8. The van der Waals surface area contributed by atoms with Gasteiger partial charge >= 0.3 is 0 Å². The fourth-order valence-electron chi connectivity index (χ4n) is 9.36. The lowest BCUT2D eigenvalue weighted by Gasteiger charge is -2.30.